The average Bonchev–Trinajstić information content (AvgIpc) is 3.04. The fourth-order valence-electron chi connectivity index (χ4n) is 2.55. The van der Waals surface area contributed by atoms with E-state index in [1.807, 2.05) is 32.9 Å². The van der Waals surface area contributed by atoms with Gasteiger partial charge in [0.25, 0.3) is 11.5 Å². The van der Waals surface area contributed by atoms with Crippen molar-refractivity contribution >= 4 is 38.8 Å². The van der Waals surface area contributed by atoms with Crippen LogP contribution in [0, 0.1) is 0 Å². The number of carbonyl (C=O) groups excluding carboxylic acids is 1. The lowest BCUT2D eigenvalue weighted by Crippen LogP contribution is -2.29. The number of aromatic nitrogens is 4. The zero-order valence-corrected chi connectivity index (χ0v) is 16.9. The molecule has 0 saturated carbocycles. The number of halogens is 1. The predicted molar refractivity (Wildman–Crippen MR) is 108 cm³/mol. The summed E-state index contributed by atoms with van der Waals surface area (Å²) < 4.78 is 2.64. The maximum atomic E-state index is 12.2. The van der Waals surface area contributed by atoms with E-state index < -0.39 is 0 Å². The molecule has 0 atom stereocenters. The summed E-state index contributed by atoms with van der Waals surface area (Å²) in [6, 6.07) is 7.12. The van der Waals surface area contributed by atoms with Gasteiger partial charge in [0.1, 0.15) is 5.39 Å². The third kappa shape index (κ3) is 4.36. The monoisotopic (exact) mass is 432 g/mol. The number of nitrogens with zero attached hydrogens (tertiary/aromatic N) is 3. The van der Waals surface area contributed by atoms with Crippen LogP contribution in [0.15, 0.2) is 39.7 Å². The number of aromatic amines is 1. The van der Waals surface area contributed by atoms with E-state index in [-0.39, 0.29) is 17.0 Å². The van der Waals surface area contributed by atoms with Gasteiger partial charge in [0.15, 0.2) is 5.65 Å². The highest BCUT2D eigenvalue weighted by atomic mass is 79.9. The molecule has 9 heteroatoms. The molecule has 0 unspecified atom stereocenters. The molecule has 0 saturated heterocycles. The van der Waals surface area contributed by atoms with E-state index in [2.05, 4.69) is 41.6 Å². The lowest BCUT2D eigenvalue weighted by Gasteiger charge is -2.19. The standard InChI is InChI=1S/C18H21BrN6O2/c1-18(2,3)25-14-13(10-22-25)16(27)24-17(23-14)21-9-8-20-15(26)11-4-6-12(19)7-5-11/h4-7,10H,8-9H2,1-3H3,(H,20,26)(H2,21,23,24,27). The van der Waals surface area contributed by atoms with Crippen LogP contribution in [0.2, 0.25) is 0 Å². The van der Waals surface area contributed by atoms with Crippen LogP contribution in [0.1, 0.15) is 31.1 Å². The van der Waals surface area contributed by atoms with Crippen molar-refractivity contribution in [2.24, 2.45) is 0 Å². The number of amides is 1. The van der Waals surface area contributed by atoms with E-state index in [0.717, 1.165) is 4.47 Å². The Labute approximate surface area is 164 Å². The van der Waals surface area contributed by atoms with Crippen LogP contribution >= 0.6 is 15.9 Å². The molecule has 0 aliphatic heterocycles. The van der Waals surface area contributed by atoms with Gasteiger partial charge in [-0.25, -0.2) is 4.68 Å². The quantitative estimate of drug-likeness (QED) is 0.537. The summed E-state index contributed by atoms with van der Waals surface area (Å²) in [5.74, 6) is 0.184. The summed E-state index contributed by atoms with van der Waals surface area (Å²) >= 11 is 3.34. The molecule has 1 amide bonds. The van der Waals surface area contributed by atoms with E-state index in [0.29, 0.717) is 35.6 Å². The Bertz CT molecular complexity index is 1020. The summed E-state index contributed by atoms with van der Waals surface area (Å²) in [5.41, 5.74) is 0.558. The summed E-state index contributed by atoms with van der Waals surface area (Å²) in [6.07, 6.45) is 1.52. The van der Waals surface area contributed by atoms with Crippen LogP contribution in [0.3, 0.4) is 0 Å². The maximum Gasteiger partial charge on any atom is 0.263 e. The molecule has 8 nitrogen and oxygen atoms in total. The van der Waals surface area contributed by atoms with Gasteiger partial charge >= 0.3 is 0 Å². The molecule has 1 aromatic carbocycles. The van der Waals surface area contributed by atoms with Crippen LogP contribution in [-0.2, 0) is 5.54 Å². The van der Waals surface area contributed by atoms with Crippen molar-refractivity contribution in [3.63, 3.8) is 0 Å². The van der Waals surface area contributed by atoms with Gasteiger partial charge in [0, 0.05) is 23.1 Å². The smallest absolute Gasteiger partial charge is 0.263 e. The van der Waals surface area contributed by atoms with Crippen LogP contribution < -0.4 is 16.2 Å². The van der Waals surface area contributed by atoms with Crippen molar-refractivity contribution in [2.75, 3.05) is 18.4 Å². The van der Waals surface area contributed by atoms with Crippen LogP contribution in [0.25, 0.3) is 11.0 Å². The number of H-pyrrole nitrogens is 1. The Kier molecular flexibility index (Phi) is 5.31. The minimum atomic E-state index is -0.293. The van der Waals surface area contributed by atoms with Gasteiger partial charge < -0.3 is 10.6 Å². The largest absolute Gasteiger partial charge is 0.354 e. The Morgan fingerprint density at radius 2 is 1.93 bits per heavy atom. The first-order valence-electron chi connectivity index (χ1n) is 8.52. The molecule has 2 heterocycles. The van der Waals surface area contributed by atoms with Gasteiger partial charge in [-0.05, 0) is 45.0 Å². The average molecular weight is 433 g/mol. The van der Waals surface area contributed by atoms with Gasteiger partial charge in [-0.2, -0.15) is 10.1 Å². The lowest BCUT2D eigenvalue weighted by molar-refractivity contribution is 0.0955. The molecular formula is C18H21BrN6O2. The third-order valence-electron chi connectivity index (χ3n) is 3.88. The Balaban J connectivity index is 1.64. The molecule has 0 fully saturated rings. The van der Waals surface area contributed by atoms with Crippen LogP contribution in [0.4, 0.5) is 5.95 Å². The predicted octanol–water partition coefficient (Wildman–Crippen LogP) is 2.48. The second-order valence-electron chi connectivity index (χ2n) is 7.07. The second-order valence-corrected chi connectivity index (χ2v) is 7.98. The highest BCUT2D eigenvalue weighted by Crippen LogP contribution is 2.18. The van der Waals surface area contributed by atoms with Crippen LogP contribution in [0.5, 0.6) is 0 Å². The minimum Gasteiger partial charge on any atom is -0.354 e. The normalized spacial score (nSPS) is 11.6. The fourth-order valence-corrected chi connectivity index (χ4v) is 2.82. The molecule has 3 aromatic rings. The Hall–Kier alpha value is -2.68. The fraction of sp³-hybridized carbons (Fsp3) is 0.333. The number of anilines is 1. The van der Waals surface area contributed by atoms with E-state index in [1.165, 1.54) is 6.20 Å². The number of hydrogen-bond acceptors (Lipinski definition) is 5. The molecule has 0 bridgehead atoms. The molecule has 0 aliphatic carbocycles. The molecule has 142 valence electrons. The molecule has 2 aromatic heterocycles. The lowest BCUT2D eigenvalue weighted by atomic mass is 10.1. The second kappa shape index (κ2) is 7.51. The maximum absolute atomic E-state index is 12.2. The van der Waals surface area contributed by atoms with Gasteiger partial charge in [-0.15, -0.1) is 0 Å². The topological polar surface area (TPSA) is 105 Å². The summed E-state index contributed by atoms with van der Waals surface area (Å²) in [5, 5.41) is 10.6. The zero-order chi connectivity index (χ0) is 19.6. The Morgan fingerprint density at radius 3 is 2.59 bits per heavy atom. The molecule has 27 heavy (non-hydrogen) atoms. The molecule has 3 N–H and O–H groups in total. The first-order valence-corrected chi connectivity index (χ1v) is 9.31. The molecule has 3 rings (SSSR count). The zero-order valence-electron chi connectivity index (χ0n) is 15.3. The number of carbonyl (C=O) groups is 1. The van der Waals surface area contributed by atoms with Gasteiger partial charge in [-0.3, -0.25) is 14.6 Å². The van der Waals surface area contributed by atoms with Gasteiger partial charge in [0.05, 0.1) is 11.7 Å². The van der Waals surface area contributed by atoms with E-state index in [1.54, 1.807) is 16.8 Å². The number of rotatable bonds is 5. The van der Waals surface area contributed by atoms with E-state index in [9.17, 15) is 9.59 Å². The summed E-state index contributed by atoms with van der Waals surface area (Å²) in [6.45, 7) is 6.78. The number of fused-ring (bicyclic) bond motifs is 1. The van der Waals surface area contributed by atoms with Crippen LogP contribution in [-0.4, -0.2) is 38.7 Å². The van der Waals surface area contributed by atoms with Gasteiger partial charge in [-0.1, -0.05) is 15.9 Å². The first kappa shape index (κ1) is 19.1. The highest BCUT2D eigenvalue weighted by molar-refractivity contribution is 9.10. The van der Waals surface area contributed by atoms with Crippen molar-refractivity contribution < 1.29 is 4.79 Å². The molecule has 0 aliphatic rings. The van der Waals surface area contributed by atoms with Gasteiger partial charge in [0.2, 0.25) is 5.95 Å². The first-order chi connectivity index (χ1) is 12.8. The van der Waals surface area contributed by atoms with E-state index in [4.69, 9.17) is 0 Å². The number of nitrogens with one attached hydrogen (secondary N) is 3. The van der Waals surface area contributed by atoms with Crippen molar-refractivity contribution in [3.05, 3.63) is 50.9 Å². The highest BCUT2D eigenvalue weighted by Gasteiger charge is 2.19. The molecular weight excluding hydrogens is 412 g/mol. The van der Waals surface area contributed by atoms with E-state index >= 15 is 0 Å². The third-order valence-corrected chi connectivity index (χ3v) is 4.41. The minimum absolute atomic E-state index is 0.160. The van der Waals surface area contributed by atoms with Crippen molar-refractivity contribution in [1.82, 2.24) is 25.1 Å². The SMILES string of the molecule is CC(C)(C)n1ncc2c(=O)[nH]c(NCCNC(=O)c3ccc(Br)cc3)nc21. The van der Waals surface area contributed by atoms with Crippen molar-refractivity contribution in [3.8, 4) is 0 Å². The summed E-state index contributed by atoms with van der Waals surface area (Å²) in [4.78, 5) is 31.5. The summed E-state index contributed by atoms with van der Waals surface area (Å²) in [7, 11) is 0. The number of hydrogen-bond donors (Lipinski definition) is 3. The Morgan fingerprint density at radius 1 is 1.22 bits per heavy atom. The van der Waals surface area contributed by atoms with Crippen molar-refractivity contribution in [2.45, 2.75) is 26.3 Å². The molecule has 0 spiro atoms. The number of benzene rings is 1. The molecule has 0 radical (unpaired) electrons. The van der Waals surface area contributed by atoms with Crippen molar-refractivity contribution in [1.29, 1.82) is 0 Å².